The molecule has 1 aliphatic rings. The van der Waals surface area contributed by atoms with Gasteiger partial charge in [0.1, 0.15) is 33.6 Å². The second-order valence-corrected chi connectivity index (χ2v) is 11.9. The number of benzene rings is 1. The molecule has 0 spiro atoms. The van der Waals surface area contributed by atoms with Crippen molar-refractivity contribution in [2.45, 2.75) is 52.0 Å². The number of amides is 1. The Labute approximate surface area is 277 Å². The number of hydrogen-bond acceptors (Lipinski definition) is 12. The Kier molecular flexibility index (Phi) is 11.3. The Hall–Kier alpha value is -4.66. The van der Waals surface area contributed by atoms with Gasteiger partial charge in [-0.25, -0.2) is 9.97 Å². The summed E-state index contributed by atoms with van der Waals surface area (Å²) >= 11 is 1.21. The molecule has 0 radical (unpaired) electrons. The van der Waals surface area contributed by atoms with Gasteiger partial charge in [0, 0.05) is 55.8 Å². The van der Waals surface area contributed by atoms with Gasteiger partial charge in [0.2, 0.25) is 0 Å². The van der Waals surface area contributed by atoms with Crippen LogP contribution in [0.1, 0.15) is 62.7 Å². The van der Waals surface area contributed by atoms with Gasteiger partial charge in [0.05, 0.1) is 37.1 Å². The van der Waals surface area contributed by atoms with Crippen LogP contribution in [-0.4, -0.2) is 78.9 Å². The van der Waals surface area contributed by atoms with Crippen molar-refractivity contribution in [3.8, 4) is 33.6 Å². The lowest BCUT2D eigenvalue weighted by Crippen LogP contribution is -2.24. The molecule has 14 heteroatoms. The number of aromatic nitrogens is 4. The molecule has 1 amide bonds. The van der Waals surface area contributed by atoms with Crippen LogP contribution in [0.4, 0.5) is 5.69 Å². The first-order valence-electron chi connectivity index (χ1n) is 15.4. The summed E-state index contributed by atoms with van der Waals surface area (Å²) in [5, 5.41) is 19.3. The molecule has 1 saturated heterocycles. The fraction of sp³-hybridized carbons (Fsp3) is 0.394. The van der Waals surface area contributed by atoms with E-state index in [2.05, 4.69) is 20.7 Å². The molecular weight excluding hydrogens is 622 g/mol. The maximum absolute atomic E-state index is 13.4. The molecule has 13 nitrogen and oxygen atoms in total. The van der Waals surface area contributed by atoms with Gasteiger partial charge in [0.25, 0.3) is 5.91 Å². The molecule has 47 heavy (non-hydrogen) atoms. The van der Waals surface area contributed by atoms with E-state index in [0.29, 0.717) is 45.8 Å². The second kappa shape index (κ2) is 15.8. The number of pyridine rings is 1. The number of hydrogen-bond donors (Lipinski definition) is 3. The Bertz CT molecular complexity index is 1730. The quantitative estimate of drug-likeness (QED) is 0.0887. The van der Waals surface area contributed by atoms with Gasteiger partial charge in [-0.2, -0.15) is 5.10 Å². The number of carbonyl (C=O) groups excluding carboxylic acids is 2. The third-order valence-electron chi connectivity index (χ3n) is 7.70. The van der Waals surface area contributed by atoms with Crippen LogP contribution in [0.25, 0.3) is 22.1 Å². The summed E-state index contributed by atoms with van der Waals surface area (Å²) in [6, 6.07) is 8.82. The average molecular weight is 662 g/mol. The maximum Gasteiger partial charge on any atom is 0.270 e. The van der Waals surface area contributed by atoms with E-state index in [1.807, 2.05) is 23.7 Å². The predicted molar refractivity (Wildman–Crippen MR) is 179 cm³/mol. The molecule has 1 fully saturated rings. The number of aldehydes is 1. The van der Waals surface area contributed by atoms with Crippen LogP contribution in [0.3, 0.4) is 0 Å². The molecule has 0 saturated carbocycles. The highest BCUT2D eigenvalue weighted by atomic mass is 32.1. The minimum absolute atomic E-state index is 0.0941. The Morgan fingerprint density at radius 2 is 2.02 bits per heavy atom. The van der Waals surface area contributed by atoms with Crippen molar-refractivity contribution in [2.75, 3.05) is 39.8 Å². The molecule has 1 atom stereocenters. The highest BCUT2D eigenvalue weighted by Crippen LogP contribution is 2.36. The monoisotopic (exact) mass is 661 g/mol. The Morgan fingerprint density at radius 1 is 1.17 bits per heavy atom. The predicted octanol–water partition coefficient (Wildman–Crippen LogP) is 5.11. The zero-order valence-electron chi connectivity index (χ0n) is 26.9. The lowest BCUT2D eigenvalue weighted by atomic mass is 10.1. The smallest absolute Gasteiger partial charge is 0.270 e. The van der Waals surface area contributed by atoms with Crippen LogP contribution < -0.4 is 20.1 Å². The van der Waals surface area contributed by atoms with E-state index in [0.717, 1.165) is 61.7 Å². The first-order chi connectivity index (χ1) is 22.9. The van der Waals surface area contributed by atoms with E-state index < -0.39 is 5.91 Å². The normalized spacial score (nSPS) is 14.4. The van der Waals surface area contributed by atoms with Crippen molar-refractivity contribution in [1.29, 1.82) is 5.41 Å². The standard InChI is InChI=1S/C33H39N7O6S/c1-20-14-26(40(39-20)11-7-13-46-29-8-5-6-12-45-29)33-38-31(28(19-41)47-33)30-23(17-34)24(35-2)16-25(37-30)32(42)36-18-21-9-10-22(43-3)15-27(21)44-4/h9-10,14-17,19,29,34H,5-8,11-13,18H2,1-4H3,(H,35,37)(H,36,42). The molecule has 3 N–H and O–H groups in total. The number of thiazole rings is 1. The van der Waals surface area contributed by atoms with Gasteiger partial charge in [-0.1, -0.05) is 0 Å². The number of nitrogens with one attached hydrogen (secondary N) is 3. The van der Waals surface area contributed by atoms with Gasteiger partial charge in [-0.3, -0.25) is 14.3 Å². The molecule has 0 bridgehead atoms. The van der Waals surface area contributed by atoms with Crippen molar-refractivity contribution in [2.24, 2.45) is 0 Å². The van der Waals surface area contributed by atoms with E-state index in [-0.39, 0.29) is 29.9 Å². The van der Waals surface area contributed by atoms with E-state index in [4.69, 9.17) is 29.3 Å². The molecule has 4 aromatic rings. The van der Waals surface area contributed by atoms with E-state index >= 15 is 0 Å². The molecule has 248 valence electrons. The van der Waals surface area contributed by atoms with Crippen LogP contribution in [0, 0.1) is 12.3 Å². The zero-order chi connectivity index (χ0) is 33.3. The third-order valence-corrected chi connectivity index (χ3v) is 8.70. The molecule has 4 heterocycles. The summed E-state index contributed by atoms with van der Waals surface area (Å²) in [6.07, 6.45) is 5.51. The molecule has 0 aliphatic carbocycles. The summed E-state index contributed by atoms with van der Waals surface area (Å²) < 4.78 is 24.1. The largest absolute Gasteiger partial charge is 0.497 e. The van der Waals surface area contributed by atoms with Gasteiger partial charge >= 0.3 is 0 Å². The Balaban J connectivity index is 1.41. The van der Waals surface area contributed by atoms with Crippen molar-refractivity contribution < 1.29 is 28.5 Å². The fourth-order valence-corrected chi connectivity index (χ4v) is 6.22. The number of rotatable bonds is 15. The fourth-order valence-electron chi connectivity index (χ4n) is 5.32. The number of carbonyl (C=O) groups is 2. The lowest BCUT2D eigenvalue weighted by molar-refractivity contribution is -0.163. The van der Waals surface area contributed by atoms with Crippen LogP contribution in [0.2, 0.25) is 0 Å². The molecular formula is C33H39N7O6S. The molecule has 5 rings (SSSR count). The highest BCUT2D eigenvalue weighted by Gasteiger charge is 2.24. The van der Waals surface area contributed by atoms with Gasteiger partial charge in [-0.05, 0) is 56.9 Å². The maximum atomic E-state index is 13.4. The summed E-state index contributed by atoms with van der Waals surface area (Å²) in [4.78, 5) is 35.5. The van der Waals surface area contributed by atoms with Crippen LogP contribution in [-0.2, 0) is 22.6 Å². The van der Waals surface area contributed by atoms with E-state index in [1.165, 1.54) is 11.3 Å². The number of anilines is 1. The first-order valence-corrected chi connectivity index (χ1v) is 16.2. The SMILES string of the molecule is CNc1cc(C(=O)NCc2ccc(OC)cc2OC)nc(-c2nc(-c3cc(C)nn3CCCOC3CCCCO3)sc2C=O)c1C=N. The average Bonchev–Trinajstić information content (AvgIpc) is 3.71. The third kappa shape index (κ3) is 7.84. The first kappa shape index (κ1) is 33.7. The zero-order valence-corrected chi connectivity index (χ0v) is 27.7. The van der Waals surface area contributed by atoms with Crippen molar-refractivity contribution >= 4 is 35.4 Å². The summed E-state index contributed by atoms with van der Waals surface area (Å²) in [5.41, 5.74) is 3.82. The molecule has 1 aromatic carbocycles. The van der Waals surface area contributed by atoms with Crippen LogP contribution in [0.5, 0.6) is 11.5 Å². The van der Waals surface area contributed by atoms with Gasteiger partial charge in [-0.15, -0.1) is 11.3 Å². The summed E-state index contributed by atoms with van der Waals surface area (Å²) in [5.74, 6) is 0.753. The van der Waals surface area contributed by atoms with Crippen molar-refractivity contribution in [1.82, 2.24) is 25.1 Å². The Morgan fingerprint density at radius 3 is 2.72 bits per heavy atom. The second-order valence-electron chi connectivity index (χ2n) is 10.8. The van der Waals surface area contributed by atoms with Crippen molar-refractivity contribution in [3.63, 3.8) is 0 Å². The minimum atomic E-state index is -0.449. The number of nitrogens with zero attached hydrogens (tertiary/aromatic N) is 4. The molecule has 3 aromatic heterocycles. The topological polar surface area (TPSA) is 163 Å². The van der Waals surface area contributed by atoms with E-state index in [9.17, 15) is 9.59 Å². The minimum Gasteiger partial charge on any atom is -0.497 e. The number of aryl methyl sites for hydroxylation is 2. The van der Waals surface area contributed by atoms with Crippen LogP contribution in [0.15, 0.2) is 30.3 Å². The lowest BCUT2D eigenvalue weighted by Gasteiger charge is -2.22. The van der Waals surface area contributed by atoms with E-state index in [1.54, 1.807) is 39.5 Å². The highest BCUT2D eigenvalue weighted by molar-refractivity contribution is 7.17. The van der Waals surface area contributed by atoms with Crippen LogP contribution >= 0.6 is 11.3 Å². The van der Waals surface area contributed by atoms with Gasteiger partial charge in [0.15, 0.2) is 12.6 Å². The number of ether oxygens (including phenoxy) is 4. The van der Waals surface area contributed by atoms with Crippen molar-refractivity contribution in [3.05, 3.63) is 57.7 Å². The summed E-state index contributed by atoms with van der Waals surface area (Å²) in [6.45, 7) is 3.93. The molecule has 1 aliphatic heterocycles. The molecule has 1 unspecified atom stereocenters. The summed E-state index contributed by atoms with van der Waals surface area (Å²) in [7, 11) is 4.81. The number of methoxy groups -OCH3 is 2. The van der Waals surface area contributed by atoms with Gasteiger partial charge < -0.3 is 35.0 Å².